The molecule has 1 amide bonds. The quantitative estimate of drug-likeness (QED) is 0.829. The van der Waals surface area contributed by atoms with Crippen LogP contribution in [0.1, 0.15) is 15.9 Å². The molecule has 0 aromatic heterocycles. The van der Waals surface area contributed by atoms with Crippen LogP contribution in [-0.4, -0.2) is 11.0 Å². The first-order valence-corrected chi connectivity index (χ1v) is 5.64. The maximum atomic E-state index is 13.4. The molecule has 104 valence electrons. The summed E-state index contributed by atoms with van der Waals surface area (Å²) in [6.45, 7) is 1.73. The summed E-state index contributed by atoms with van der Waals surface area (Å²) in [6.07, 6.45) is 0. The number of aryl methyl sites for hydroxylation is 1. The van der Waals surface area contributed by atoms with Crippen LogP contribution in [0, 0.1) is 24.4 Å². The number of rotatable bonds is 2. The molecule has 0 saturated carbocycles. The molecule has 0 atom stereocenters. The molecule has 0 spiro atoms. The maximum Gasteiger partial charge on any atom is 0.261 e. The fraction of sp³-hybridized carbons (Fsp3) is 0.0714. The molecule has 0 heterocycles. The highest BCUT2D eigenvalue weighted by Gasteiger charge is 2.19. The highest BCUT2D eigenvalue weighted by molar-refractivity contribution is 6.05. The van der Waals surface area contributed by atoms with E-state index in [9.17, 15) is 23.1 Å². The van der Waals surface area contributed by atoms with E-state index < -0.39 is 28.9 Å². The molecule has 0 saturated heterocycles. The maximum absolute atomic E-state index is 13.4. The van der Waals surface area contributed by atoms with Crippen LogP contribution in [0.25, 0.3) is 0 Å². The van der Waals surface area contributed by atoms with Gasteiger partial charge >= 0.3 is 0 Å². The average Bonchev–Trinajstić information content (AvgIpc) is 2.31. The highest BCUT2D eigenvalue weighted by atomic mass is 19.1. The summed E-state index contributed by atoms with van der Waals surface area (Å²) in [6, 6.07) is 5.20. The van der Waals surface area contributed by atoms with Crippen LogP contribution in [-0.2, 0) is 0 Å². The van der Waals surface area contributed by atoms with E-state index in [2.05, 4.69) is 5.32 Å². The third-order valence-corrected chi connectivity index (χ3v) is 2.64. The van der Waals surface area contributed by atoms with Crippen LogP contribution < -0.4 is 5.32 Å². The Balaban J connectivity index is 2.33. The first kappa shape index (κ1) is 13.9. The van der Waals surface area contributed by atoms with Gasteiger partial charge in [-0.1, -0.05) is 6.07 Å². The predicted octanol–water partition coefficient (Wildman–Crippen LogP) is 3.37. The van der Waals surface area contributed by atoms with Crippen LogP contribution in [0.2, 0.25) is 0 Å². The molecule has 2 rings (SSSR count). The zero-order chi connectivity index (χ0) is 14.9. The first-order chi connectivity index (χ1) is 9.38. The topological polar surface area (TPSA) is 49.3 Å². The SMILES string of the molecule is Cc1ccc(NC(=O)c2c(F)cc(F)cc2F)c(O)c1. The van der Waals surface area contributed by atoms with E-state index in [-0.39, 0.29) is 11.4 Å². The number of anilines is 1. The molecule has 0 aliphatic carbocycles. The number of hydrogen-bond donors (Lipinski definition) is 2. The van der Waals surface area contributed by atoms with Gasteiger partial charge in [-0.3, -0.25) is 4.79 Å². The van der Waals surface area contributed by atoms with E-state index in [1.807, 2.05) is 0 Å². The summed E-state index contributed by atoms with van der Waals surface area (Å²) in [4.78, 5) is 11.8. The average molecular weight is 281 g/mol. The number of aromatic hydroxyl groups is 1. The molecule has 3 nitrogen and oxygen atoms in total. The van der Waals surface area contributed by atoms with E-state index in [4.69, 9.17) is 0 Å². The van der Waals surface area contributed by atoms with Crippen molar-refractivity contribution in [2.75, 3.05) is 5.32 Å². The van der Waals surface area contributed by atoms with Crippen LogP contribution in [0.5, 0.6) is 5.75 Å². The Kier molecular flexibility index (Phi) is 3.65. The highest BCUT2D eigenvalue weighted by Crippen LogP contribution is 2.25. The van der Waals surface area contributed by atoms with Crippen molar-refractivity contribution < 1.29 is 23.1 Å². The summed E-state index contributed by atoms with van der Waals surface area (Å²) in [5.74, 6) is -5.09. The number of carbonyl (C=O) groups excluding carboxylic acids is 1. The summed E-state index contributed by atoms with van der Waals surface area (Å²) in [7, 11) is 0. The molecule has 2 N–H and O–H groups in total. The minimum atomic E-state index is -1.31. The van der Waals surface area contributed by atoms with Crippen LogP contribution in [0.4, 0.5) is 18.9 Å². The molecule has 6 heteroatoms. The molecular weight excluding hydrogens is 271 g/mol. The number of hydrogen-bond acceptors (Lipinski definition) is 2. The summed E-state index contributed by atoms with van der Waals surface area (Å²) < 4.78 is 39.6. The van der Waals surface area contributed by atoms with Crippen molar-refractivity contribution in [2.45, 2.75) is 6.92 Å². The van der Waals surface area contributed by atoms with Gasteiger partial charge in [0.2, 0.25) is 0 Å². The number of nitrogens with one attached hydrogen (secondary N) is 1. The smallest absolute Gasteiger partial charge is 0.261 e. The van der Waals surface area contributed by atoms with E-state index >= 15 is 0 Å². The third kappa shape index (κ3) is 2.74. The number of amides is 1. The lowest BCUT2D eigenvalue weighted by Gasteiger charge is -2.09. The van der Waals surface area contributed by atoms with Crippen LogP contribution in [0.15, 0.2) is 30.3 Å². The Morgan fingerprint density at radius 1 is 1.10 bits per heavy atom. The fourth-order valence-corrected chi connectivity index (χ4v) is 1.69. The van der Waals surface area contributed by atoms with E-state index in [1.165, 1.54) is 12.1 Å². The van der Waals surface area contributed by atoms with Gasteiger partial charge in [-0.05, 0) is 24.6 Å². The fourth-order valence-electron chi connectivity index (χ4n) is 1.69. The molecule has 0 aliphatic rings. The molecule has 0 radical (unpaired) electrons. The number of phenolic OH excluding ortho intramolecular Hbond substituents is 1. The van der Waals surface area contributed by atoms with Crippen molar-refractivity contribution in [3.05, 3.63) is 58.9 Å². The van der Waals surface area contributed by atoms with Crippen molar-refractivity contribution in [3.63, 3.8) is 0 Å². The second-order valence-electron chi connectivity index (χ2n) is 4.22. The zero-order valence-electron chi connectivity index (χ0n) is 10.4. The Morgan fingerprint density at radius 3 is 2.25 bits per heavy atom. The van der Waals surface area contributed by atoms with Gasteiger partial charge in [0, 0.05) is 12.1 Å². The number of halogens is 3. The molecule has 20 heavy (non-hydrogen) atoms. The van der Waals surface area contributed by atoms with Crippen molar-refractivity contribution in [1.29, 1.82) is 0 Å². The van der Waals surface area contributed by atoms with Crippen molar-refractivity contribution in [3.8, 4) is 5.75 Å². The molecular formula is C14H10F3NO2. The summed E-state index contributed by atoms with van der Waals surface area (Å²) in [5, 5.41) is 11.8. The van der Waals surface area contributed by atoms with Gasteiger partial charge in [0.05, 0.1) is 5.69 Å². The largest absolute Gasteiger partial charge is 0.506 e. The second kappa shape index (κ2) is 5.24. The molecule has 0 unspecified atom stereocenters. The first-order valence-electron chi connectivity index (χ1n) is 5.64. The van der Waals surface area contributed by atoms with E-state index in [0.717, 1.165) is 5.56 Å². The van der Waals surface area contributed by atoms with Gasteiger partial charge < -0.3 is 10.4 Å². The number of phenols is 1. The van der Waals surface area contributed by atoms with E-state index in [1.54, 1.807) is 13.0 Å². The summed E-state index contributed by atoms with van der Waals surface area (Å²) in [5.41, 5.74) is -0.158. The predicted molar refractivity (Wildman–Crippen MR) is 67.1 cm³/mol. The van der Waals surface area contributed by atoms with Gasteiger partial charge in [-0.15, -0.1) is 0 Å². The Bertz CT molecular complexity index is 663. The third-order valence-electron chi connectivity index (χ3n) is 2.64. The number of carbonyl (C=O) groups is 1. The van der Waals surface area contributed by atoms with E-state index in [0.29, 0.717) is 12.1 Å². The Morgan fingerprint density at radius 2 is 1.70 bits per heavy atom. The molecule has 2 aromatic carbocycles. The summed E-state index contributed by atoms with van der Waals surface area (Å²) >= 11 is 0. The van der Waals surface area contributed by atoms with Crippen molar-refractivity contribution in [1.82, 2.24) is 0 Å². The molecule has 0 bridgehead atoms. The van der Waals surface area contributed by atoms with Gasteiger partial charge in [-0.2, -0.15) is 0 Å². The normalized spacial score (nSPS) is 10.4. The van der Waals surface area contributed by atoms with Crippen molar-refractivity contribution in [2.24, 2.45) is 0 Å². The number of benzene rings is 2. The lowest BCUT2D eigenvalue weighted by atomic mass is 10.1. The lowest BCUT2D eigenvalue weighted by molar-refractivity contribution is 0.101. The second-order valence-corrected chi connectivity index (χ2v) is 4.22. The van der Waals surface area contributed by atoms with Crippen molar-refractivity contribution >= 4 is 11.6 Å². The monoisotopic (exact) mass is 281 g/mol. The van der Waals surface area contributed by atoms with Gasteiger partial charge in [0.15, 0.2) is 0 Å². The standard InChI is InChI=1S/C14H10F3NO2/c1-7-2-3-11(12(19)4-7)18-14(20)13-9(16)5-8(15)6-10(13)17/h2-6,19H,1H3,(H,18,20). The Labute approximate surface area is 112 Å². The van der Waals surface area contributed by atoms with Crippen LogP contribution >= 0.6 is 0 Å². The van der Waals surface area contributed by atoms with Gasteiger partial charge in [0.25, 0.3) is 5.91 Å². The minimum Gasteiger partial charge on any atom is -0.506 e. The van der Waals surface area contributed by atoms with Crippen LogP contribution in [0.3, 0.4) is 0 Å². The van der Waals surface area contributed by atoms with Gasteiger partial charge in [0.1, 0.15) is 28.8 Å². The Hall–Kier alpha value is -2.50. The zero-order valence-corrected chi connectivity index (χ0v) is 10.4. The lowest BCUT2D eigenvalue weighted by Crippen LogP contribution is -2.16. The molecule has 0 fully saturated rings. The molecule has 2 aromatic rings. The molecule has 0 aliphatic heterocycles. The van der Waals surface area contributed by atoms with Gasteiger partial charge in [-0.25, -0.2) is 13.2 Å². The minimum absolute atomic E-state index is 0.00345.